The molecule has 1 unspecified atom stereocenters. The number of urea groups is 1. The molecule has 0 spiro atoms. The lowest BCUT2D eigenvalue weighted by molar-refractivity contribution is 0.172. The standard InChI is InChI=1S/C22H24N6O/c1-15-9-12-28(22(29)26-17-5-3-16(13-23)4-6-17)14-20(15)27(2)19-8-11-25-21-18(19)7-10-24-21/h3-8,10-11,15,20H,9,12,14H2,1-2H3,(H,24,25)(H,26,29)/t15-,20?/m1/s1. The molecule has 0 bridgehead atoms. The van der Waals surface area contributed by atoms with Gasteiger partial charge >= 0.3 is 6.03 Å². The first-order valence-corrected chi connectivity index (χ1v) is 9.78. The highest BCUT2D eigenvalue weighted by molar-refractivity contribution is 5.91. The number of H-pyrrole nitrogens is 1. The van der Waals surface area contributed by atoms with Gasteiger partial charge in [-0.15, -0.1) is 0 Å². The highest BCUT2D eigenvalue weighted by atomic mass is 16.2. The summed E-state index contributed by atoms with van der Waals surface area (Å²) in [5.74, 6) is 0.459. The third-order valence-corrected chi connectivity index (χ3v) is 5.79. The minimum absolute atomic E-state index is 0.110. The Balaban J connectivity index is 1.49. The molecule has 7 heteroatoms. The van der Waals surface area contributed by atoms with E-state index in [1.54, 1.807) is 24.3 Å². The van der Waals surface area contributed by atoms with Gasteiger partial charge in [0.25, 0.3) is 0 Å². The third kappa shape index (κ3) is 3.74. The Morgan fingerprint density at radius 3 is 2.86 bits per heavy atom. The molecule has 4 rings (SSSR count). The molecule has 2 N–H and O–H groups in total. The quantitative estimate of drug-likeness (QED) is 0.714. The summed E-state index contributed by atoms with van der Waals surface area (Å²) in [5, 5.41) is 12.9. The monoisotopic (exact) mass is 388 g/mol. The molecule has 2 amide bonds. The number of amides is 2. The third-order valence-electron chi connectivity index (χ3n) is 5.79. The van der Waals surface area contributed by atoms with Gasteiger partial charge in [-0.2, -0.15) is 5.26 Å². The van der Waals surface area contributed by atoms with Crippen LogP contribution in [0, 0.1) is 17.2 Å². The number of hydrogen-bond donors (Lipinski definition) is 2. The lowest BCUT2D eigenvalue weighted by Gasteiger charge is -2.42. The molecule has 0 radical (unpaired) electrons. The van der Waals surface area contributed by atoms with Crippen LogP contribution in [-0.2, 0) is 0 Å². The number of pyridine rings is 1. The number of anilines is 2. The minimum atomic E-state index is -0.110. The van der Waals surface area contributed by atoms with Crippen LogP contribution in [0.25, 0.3) is 11.0 Å². The van der Waals surface area contributed by atoms with Crippen LogP contribution in [0.1, 0.15) is 18.9 Å². The summed E-state index contributed by atoms with van der Waals surface area (Å²) in [6.45, 7) is 3.62. The number of fused-ring (bicyclic) bond motifs is 1. The Morgan fingerprint density at radius 2 is 2.10 bits per heavy atom. The van der Waals surface area contributed by atoms with E-state index in [4.69, 9.17) is 5.26 Å². The second-order valence-corrected chi connectivity index (χ2v) is 7.58. The van der Waals surface area contributed by atoms with Gasteiger partial charge in [0.1, 0.15) is 5.65 Å². The van der Waals surface area contributed by atoms with Crippen molar-refractivity contribution in [3.8, 4) is 6.07 Å². The molecule has 29 heavy (non-hydrogen) atoms. The van der Waals surface area contributed by atoms with E-state index in [0.29, 0.717) is 23.7 Å². The molecule has 1 aliphatic rings. The van der Waals surface area contributed by atoms with E-state index in [0.717, 1.165) is 29.7 Å². The SMILES string of the molecule is C[C@@H]1CCN(C(=O)Nc2ccc(C#N)cc2)CC1N(C)c1ccnc2[nH]ccc12. The second-order valence-electron chi connectivity index (χ2n) is 7.58. The molecule has 7 nitrogen and oxygen atoms in total. The smallest absolute Gasteiger partial charge is 0.321 e. The molecule has 2 atom stereocenters. The zero-order chi connectivity index (χ0) is 20.4. The van der Waals surface area contributed by atoms with E-state index in [-0.39, 0.29) is 12.1 Å². The average molecular weight is 388 g/mol. The van der Waals surface area contributed by atoms with Crippen LogP contribution in [0.15, 0.2) is 48.8 Å². The summed E-state index contributed by atoms with van der Waals surface area (Å²) in [6.07, 6.45) is 4.65. The number of aromatic nitrogens is 2. The van der Waals surface area contributed by atoms with Crippen LogP contribution in [0.2, 0.25) is 0 Å². The number of nitrogens with zero attached hydrogens (tertiary/aromatic N) is 4. The number of likely N-dealkylation sites (N-methyl/N-ethyl adjacent to an activating group) is 1. The first kappa shape index (κ1) is 18.8. The van der Waals surface area contributed by atoms with Gasteiger partial charge in [-0.05, 0) is 48.7 Å². The number of nitriles is 1. The van der Waals surface area contributed by atoms with Crippen molar-refractivity contribution in [1.82, 2.24) is 14.9 Å². The fourth-order valence-corrected chi connectivity index (χ4v) is 4.00. The van der Waals surface area contributed by atoms with Crippen molar-refractivity contribution in [2.75, 3.05) is 30.4 Å². The van der Waals surface area contributed by atoms with Crippen molar-refractivity contribution in [3.05, 3.63) is 54.4 Å². The highest BCUT2D eigenvalue weighted by Crippen LogP contribution is 2.30. The van der Waals surface area contributed by atoms with Crippen LogP contribution >= 0.6 is 0 Å². The number of carbonyl (C=O) groups excluding carboxylic acids is 1. The fourth-order valence-electron chi connectivity index (χ4n) is 4.00. The van der Waals surface area contributed by atoms with Gasteiger partial charge < -0.3 is 20.1 Å². The lowest BCUT2D eigenvalue weighted by Crippen LogP contribution is -2.53. The van der Waals surface area contributed by atoms with Crippen molar-refractivity contribution in [3.63, 3.8) is 0 Å². The van der Waals surface area contributed by atoms with Crippen LogP contribution in [0.5, 0.6) is 0 Å². The molecular formula is C22H24N6O. The molecule has 3 aromatic rings. The van der Waals surface area contributed by atoms with Gasteiger partial charge in [0.05, 0.1) is 11.6 Å². The highest BCUT2D eigenvalue weighted by Gasteiger charge is 2.32. The Morgan fingerprint density at radius 1 is 1.31 bits per heavy atom. The normalized spacial score (nSPS) is 19.0. The minimum Gasteiger partial charge on any atom is -0.369 e. The van der Waals surface area contributed by atoms with E-state index in [9.17, 15) is 4.79 Å². The van der Waals surface area contributed by atoms with Crippen molar-refractivity contribution < 1.29 is 4.79 Å². The van der Waals surface area contributed by atoms with E-state index < -0.39 is 0 Å². The maximum atomic E-state index is 12.8. The summed E-state index contributed by atoms with van der Waals surface area (Å²) < 4.78 is 0. The van der Waals surface area contributed by atoms with Crippen LogP contribution in [-0.4, -0.2) is 47.1 Å². The molecule has 1 aromatic carbocycles. The number of likely N-dealkylation sites (tertiary alicyclic amines) is 1. The molecule has 0 saturated carbocycles. The summed E-state index contributed by atoms with van der Waals surface area (Å²) in [4.78, 5) is 24.5. The van der Waals surface area contributed by atoms with Crippen molar-refractivity contribution >= 4 is 28.4 Å². The summed E-state index contributed by atoms with van der Waals surface area (Å²) >= 11 is 0. The Hall–Kier alpha value is -3.53. The number of benzene rings is 1. The molecule has 1 aliphatic heterocycles. The topological polar surface area (TPSA) is 88.1 Å². The van der Waals surface area contributed by atoms with E-state index in [2.05, 4.69) is 40.2 Å². The van der Waals surface area contributed by atoms with Crippen LogP contribution < -0.4 is 10.2 Å². The van der Waals surface area contributed by atoms with Gasteiger partial charge in [0.15, 0.2) is 0 Å². The number of nitrogens with one attached hydrogen (secondary N) is 2. The number of aromatic amines is 1. The molecular weight excluding hydrogens is 364 g/mol. The average Bonchev–Trinajstić information content (AvgIpc) is 3.23. The van der Waals surface area contributed by atoms with Crippen LogP contribution in [0.3, 0.4) is 0 Å². The zero-order valence-corrected chi connectivity index (χ0v) is 16.6. The van der Waals surface area contributed by atoms with Gasteiger partial charge in [0, 0.05) is 55.3 Å². The number of hydrogen-bond acceptors (Lipinski definition) is 4. The maximum absolute atomic E-state index is 12.8. The van der Waals surface area contributed by atoms with Gasteiger partial charge in [-0.1, -0.05) is 6.92 Å². The largest absolute Gasteiger partial charge is 0.369 e. The van der Waals surface area contributed by atoms with Gasteiger partial charge in [0.2, 0.25) is 0 Å². The summed E-state index contributed by atoms with van der Waals surface area (Å²) in [6, 6.07) is 13.2. The molecule has 0 aliphatic carbocycles. The Kier molecular flexibility index (Phi) is 5.09. The maximum Gasteiger partial charge on any atom is 0.321 e. The first-order chi connectivity index (χ1) is 14.1. The van der Waals surface area contributed by atoms with Crippen molar-refractivity contribution in [2.45, 2.75) is 19.4 Å². The number of piperidine rings is 1. The predicted octanol–water partition coefficient (Wildman–Crippen LogP) is 3.81. The van der Waals surface area contributed by atoms with Crippen molar-refractivity contribution in [2.24, 2.45) is 5.92 Å². The first-order valence-electron chi connectivity index (χ1n) is 9.78. The number of carbonyl (C=O) groups is 1. The Labute approximate surface area is 170 Å². The van der Waals surface area contributed by atoms with E-state index in [1.165, 1.54) is 0 Å². The van der Waals surface area contributed by atoms with Crippen molar-refractivity contribution in [1.29, 1.82) is 5.26 Å². The molecule has 3 heterocycles. The molecule has 1 fully saturated rings. The predicted molar refractivity (Wildman–Crippen MR) is 114 cm³/mol. The van der Waals surface area contributed by atoms with Crippen LogP contribution in [0.4, 0.5) is 16.2 Å². The molecule has 2 aromatic heterocycles. The Bertz CT molecular complexity index is 1050. The molecule has 1 saturated heterocycles. The zero-order valence-electron chi connectivity index (χ0n) is 16.6. The summed E-state index contributed by atoms with van der Waals surface area (Å²) in [5.41, 5.74) is 3.25. The van der Waals surface area contributed by atoms with E-state index in [1.807, 2.05) is 29.4 Å². The second kappa shape index (κ2) is 7.84. The lowest BCUT2D eigenvalue weighted by atomic mass is 9.92. The van der Waals surface area contributed by atoms with Gasteiger partial charge in [-0.25, -0.2) is 9.78 Å². The number of rotatable bonds is 3. The molecule has 148 valence electrons. The fraction of sp³-hybridized carbons (Fsp3) is 0.318. The summed E-state index contributed by atoms with van der Waals surface area (Å²) in [7, 11) is 2.09. The van der Waals surface area contributed by atoms with Gasteiger partial charge in [-0.3, -0.25) is 0 Å². The van der Waals surface area contributed by atoms with E-state index >= 15 is 0 Å².